The van der Waals surface area contributed by atoms with Crippen molar-refractivity contribution < 1.29 is 36.5 Å². The summed E-state index contributed by atoms with van der Waals surface area (Å²) in [5.41, 5.74) is 5.82. The van der Waals surface area contributed by atoms with Crippen molar-refractivity contribution in [1.29, 1.82) is 0 Å². The van der Waals surface area contributed by atoms with Crippen molar-refractivity contribution in [2.24, 2.45) is 0 Å². The van der Waals surface area contributed by atoms with E-state index in [4.69, 9.17) is 26.6 Å². The number of nitrogens with one attached hydrogen (secondary N) is 2. The second-order valence-corrected chi connectivity index (χ2v) is 28.8. The van der Waals surface area contributed by atoms with Crippen LogP contribution in [0.4, 0.5) is 10.7 Å². The van der Waals surface area contributed by atoms with Crippen LogP contribution in [0.5, 0.6) is 0 Å². The van der Waals surface area contributed by atoms with Gasteiger partial charge in [-0.15, -0.1) is 0 Å². The molecule has 1 aliphatic heterocycles. The number of amides is 1. The van der Waals surface area contributed by atoms with Crippen molar-refractivity contribution >= 4 is 48.9 Å². The lowest BCUT2D eigenvalue weighted by Gasteiger charge is -2.40. The molecule has 8 rings (SSSR count). The Kier molecular flexibility index (Phi) is 12.1. The first-order valence-corrected chi connectivity index (χ1v) is 28.8. The molecule has 4 aromatic carbocycles. The smallest absolute Gasteiger partial charge is 0.448 e. The predicted molar refractivity (Wildman–Crippen MR) is 238 cm³/mol. The maximum Gasteiger partial charge on any atom is 0.659 e. The number of hydrogen-bond acceptors (Lipinski definition) is 11. The number of rotatable bonds is 15. The number of aromatic nitrogens is 4. The molecule has 3 atom stereocenters. The van der Waals surface area contributed by atoms with Gasteiger partial charge in [-0.3, -0.25) is 19.7 Å². The monoisotopic (exact) mass is 877 g/mol. The van der Waals surface area contributed by atoms with Gasteiger partial charge in [0.1, 0.15) is 25.0 Å². The molecule has 1 amide bonds. The summed E-state index contributed by atoms with van der Waals surface area (Å²) < 4.78 is 41.2. The van der Waals surface area contributed by atoms with E-state index < -0.39 is 61.9 Å². The fraction of sp³-hybridized carbons (Fsp3) is 0.318. The van der Waals surface area contributed by atoms with E-state index in [1.165, 1.54) is 6.33 Å². The highest BCUT2D eigenvalue weighted by Gasteiger charge is 2.54. The standard InChI is InChI=1S/C44H51N5O9Si3/c1-59(2,3)57-61(58-60(4,5)6,56-40(29-17-9-7-10-18-29)30-19-11-8-12-20-30)54-27-37-36(50)25-38(55-37)49-28-45-39-41(49)46-43(47-42(39)51)48-44(52)53-26-35-33-23-15-13-21-31(33)32-22-14-16-24-34(32)35/h7-24,28,35-38,40,50H,25-27H2,1-6H3,(H2,46,47,48,51,52)/t36-,37+,38+/m0/s1. The van der Waals surface area contributed by atoms with Gasteiger partial charge in [-0.2, -0.15) is 4.98 Å². The molecule has 2 aromatic heterocycles. The van der Waals surface area contributed by atoms with E-state index >= 15 is 0 Å². The second kappa shape index (κ2) is 17.3. The van der Waals surface area contributed by atoms with Gasteiger partial charge in [-0.05, 0) is 72.7 Å². The number of aromatic amines is 1. The Bertz CT molecular complexity index is 2440. The first kappa shape index (κ1) is 42.6. The van der Waals surface area contributed by atoms with Gasteiger partial charge in [0.15, 0.2) is 27.8 Å². The Morgan fingerprint density at radius 1 is 0.836 bits per heavy atom. The predicted octanol–water partition coefficient (Wildman–Crippen LogP) is 8.09. The van der Waals surface area contributed by atoms with E-state index in [2.05, 4.69) is 71.7 Å². The number of carbonyl (C=O) groups is 1. The molecule has 17 heteroatoms. The molecule has 2 aliphatic rings. The molecule has 0 bridgehead atoms. The molecule has 14 nitrogen and oxygen atoms in total. The van der Waals surface area contributed by atoms with E-state index in [1.54, 1.807) is 4.57 Å². The van der Waals surface area contributed by atoms with Gasteiger partial charge in [-0.1, -0.05) is 109 Å². The van der Waals surface area contributed by atoms with Crippen LogP contribution < -0.4 is 10.9 Å². The maximum atomic E-state index is 13.2. The number of H-pyrrole nitrogens is 1. The van der Waals surface area contributed by atoms with Crippen molar-refractivity contribution in [3.8, 4) is 11.1 Å². The zero-order chi connectivity index (χ0) is 42.9. The molecule has 0 spiro atoms. The van der Waals surface area contributed by atoms with E-state index in [9.17, 15) is 14.7 Å². The van der Waals surface area contributed by atoms with Crippen LogP contribution >= 0.6 is 0 Å². The third-order valence-electron chi connectivity index (χ3n) is 10.3. The van der Waals surface area contributed by atoms with Crippen LogP contribution in [-0.4, -0.2) is 81.8 Å². The largest absolute Gasteiger partial charge is 0.659 e. The normalized spacial score (nSPS) is 18.1. The van der Waals surface area contributed by atoms with Crippen LogP contribution in [-0.2, 0) is 26.6 Å². The summed E-state index contributed by atoms with van der Waals surface area (Å²) in [7, 11) is -8.79. The van der Waals surface area contributed by atoms with Gasteiger partial charge in [-0.25, -0.2) is 9.78 Å². The fourth-order valence-electron chi connectivity index (χ4n) is 7.79. The second-order valence-electron chi connectivity index (χ2n) is 17.2. The lowest BCUT2D eigenvalue weighted by Crippen LogP contribution is -2.60. The molecular formula is C44H51N5O9Si3. The summed E-state index contributed by atoms with van der Waals surface area (Å²) in [5, 5.41) is 14.0. The topological polar surface area (TPSA) is 168 Å². The molecule has 0 radical (unpaired) electrons. The SMILES string of the molecule is C[Si](C)(C)O[Si](OC[C@H]1O[C@@H](n2cnc3c(=O)[nH]c(NC(=O)OCC4c5ccccc5-c5ccccc54)nc32)C[C@@H]1O)(OC(c1ccccc1)c1ccccc1)O[Si](C)(C)C. The molecule has 1 fully saturated rings. The average Bonchev–Trinajstić information content (AvgIpc) is 3.91. The number of nitrogens with zero attached hydrogens (tertiary/aromatic N) is 3. The molecule has 3 heterocycles. The Morgan fingerprint density at radius 2 is 1.39 bits per heavy atom. The van der Waals surface area contributed by atoms with E-state index in [0.717, 1.165) is 33.4 Å². The Balaban J connectivity index is 0.996. The zero-order valence-corrected chi connectivity index (χ0v) is 38.0. The van der Waals surface area contributed by atoms with Crippen LogP contribution in [0.1, 0.15) is 46.9 Å². The van der Waals surface area contributed by atoms with Crippen molar-refractivity contribution in [2.75, 3.05) is 18.5 Å². The molecule has 1 aliphatic carbocycles. The summed E-state index contributed by atoms with van der Waals surface area (Å²) in [6, 6.07) is 35.9. The van der Waals surface area contributed by atoms with Crippen LogP contribution in [0.25, 0.3) is 22.3 Å². The van der Waals surface area contributed by atoms with Crippen molar-refractivity contribution in [2.45, 2.75) is 76.2 Å². The number of ether oxygens (including phenoxy) is 2. The van der Waals surface area contributed by atoms with E-state index in [0.29, 0.717) is 0 Å². The minimum Gasteiger partial charge on any atom is -0.448 e. The van der Waals surface area contributed by atoms with Gasteiger partial charge >= 0.3 is 15.1 Å². The minimum atomic E-state index is -4.00. The molecule has 3 N–H and O–H groups in total. The minimum absolute atomic E-state index is 0.0376. The lowest BCUT2D eigenvalue weighted by molar-refractivity contribution is -0.0665. The summed E-state index contributed by atoms with van der Waals surface area (Å²) in [6.45, 7) is 12.3. The number of aliphatic hydroxyl groups excluding tert-OH is 1. The number of fused-ring (bicyclic) bond motifs is 4. The fourth-order valence-corrected chi connectivity index (χ4v) is 16.2. The van der Waals surface area contributed by atoms with Gasteiger partial charge in [0.25, 0.3) is 5.56 Å². The molecule has 6 aromatic rings. The Hall–Kier alpha value is -5.09. The summed E-state index contributed by atoms with van der Waals surface area (Å²) >= 11 is 0. The number of hydrogen-bond donors (Lipinski definition) is 3. The molecular weight excluding hydrogens is 827 g/mol. The third kappa shape index (κ3) is 9.70. The average molecular weight is 878 g/mol. The number of anilines is 1. The van der Waals surface area contributed by atoms with E-state index in [1.807, 2.05) is 97.1 Å². The maximum absolute atomic E-state index is 13.2. The first-order valence-electron chi connectivity index (χ1n) is 20.4. The van der Waals surface area contributed by atoms with Crippen molar-refractivity contribution in [3.05, 3.63) is 148 Å². The highest BCUT2D eigenvalue weighted by Crippen LogP contribution is 2.44. The zero-order valence-electron chi connectivity index (χ0n) is 35.0. The summed E-state index contributed by atoms with van der Waals surface area (Å²) in [5.74, 6) is -0.268. The number of carbonyl (C=O) groups excluding carboxylic acids is 1. The van der Waals surface area contributed by atoms with Crippen LogP contribution in [0, 0.1) is 0 Å². The Morgan fingerprint density at radius 3 is 1.97 bits per heavy atom. The third-order valence-corrected chi connectivity index (χ3v) is 18.2. The number of aliphatic hydroxyl groups is 1. The number of benzene rings is 4. The molecule has 0 saturated carbocycles. The van der Waals surface area contributed by atoms with Crippen molar-refractivity contribution in [3.63, 3.8) is 0 Å². The molecule has 318 valence electrons. The van der Waals surface area contributed by atoms with Crippen LogP contribution in [0.3, 0.4) is 0 Å². The quantitative estimate of drug-likeness (QED) is 0.0853. The van der Waals surface area contributed by atoms with Crippen LogP contribution in [0.2, 0.25) is 39.3 Å². The Labute approximate surface area is 357 Å². The molecule has 0 unspecified atom stereocenters. The van der Waals surface area contributed by atoms with E-state index in [-0.39, 0.29) is 42.7 Å². The summed E-state index contributed by atoms with van der Waals surface area (Å²) in [4.78, 5) is 37.8. The van der Waals surface area contributed by atoms with Gasteiger partial charge in [0, 0.05) is 12.3 Å². The molecule has 1 saturated heterocycles. The highest BCUT2D eigenvalue weighted by atomic mass is 28.5. The number of imidazole rings is 1. The van der Waals surface area contributed by atoms with Gasteiger partial charge in [0.05, 0.1) is 19.0 Å². The van der Waals surface area contributed by atoms with Gasteiger partial charge in [0.2, 0.25) is 5.95 Å². The van der Waals surface area contributed by atoms with Crippen LogP contribution in [0.15, 0.2) is 120 Å². The van der Waals surface area contributed by atoms with Crippen molar-refractivity contribution in [1.82, 2.24) is 19.5 Å². The molecule has 61 heavy (non-hydrogen) atoms. The highest BCUT2D eigenvalue weighted by molar-refractivity contribution is 6.83. The lowest BCUT2D eigenvalue weighted by atomic mass is 9.98. The van der Waals surface area contributed by atoms with Gasteiger partial charge < -0.3 is 31.7 Å². The summed E-state index contributed by atoms with van der Waals surface area (Å²) in [6.07, 6.45) is -2.37. The first-order chi connectivity index (χ1) is 29.2.